The second-order valence-corrected chi connectivity index (χ2v) is 3.86. The molecule has 0 unspecified atom stereocenters. The van der Waals surface area contributed by atoms with Gasteiger partial charge in [-0.05, 0) is 19.3 Å². The number of Topliss-reactive ketones (excluding diaryl/α,β-unsaturated/α-hetero) is 1. The van der Waals surface area contributed by atoms with Gasteiger partial charge < -0.3 is 10.4 Å². The minimum atomic E-state index is -0.150. The lowest BCUT2D eigenvalue weighted by molar-refractivity contribution is -0.124. The zero-order chi connectivity index (χ0) is 10.1. The maximum Gasteiger partial charge on any atom is 0.227 e. The molecule has 1 amide bonds. The molecule has 0 aromatic rings. The van der Waals surface area contributed by atoms with Crippen LogP contribution in [0.25, 0.3) is 0 Å². The maximum atomic E-state index is 11.4. The highest BCUT2D eigenvalue weighted by molar-refractivity contribution is 6.00. The first-order chi connectivity index (χ1) is 6.68. The van der Waals surface area contributed by atoms with Crippen molar-refractivity contribution in [2.24, 2.45) is 5.92 Å². The summed E-state index contributed by atoms with van der Waals surface area (Å²) in [4.78, 5) is 22.7. The zero-order valence-corrected chi connectivity index (χ0v) is 7.88. The quantitative estimate of drug-likeness (QED) is 0.691. The van der Waals surface area contributed by atoms with E-state index in [-0.39, 0.29) is 29.1 Å². The van der Waals surface area contributed by atoms with E-state index in [2.05, 4.69) is 5.32 Å². The van der Waals surface area contributed by atoms with E-state index in [4.69, 9.17) is 0 Å². The zero-order valence-electron chi connectivity index (χ0n) is 7.88. The van der Waals surface area contributed by atoms with Gasteiger partial charge in [0.25, 0.3) is 0 Å². The molecular weight excluding hydrogens is 182 g/mol. The van der Waals surface area contributed by atoms with Crippen molar-refractivity contribution in [2.75, 3.05) is 0 Å². The standard InChI is InChI=1S/C10H13NO3/c12-7-2-1-3-8(13)9(7)11-10(14)6-4-5-6/h6,12H,1-5H2,(H,11,14). The van der Waals surface area contributed by atoms with E-state index in [1.54, 1.807) is 0 Å². The van der Waals surface area contributed by atoms with Crippen LogP contribution in [0.2, 0.25) is 0 Å². The van der Waals surface area contributed by atoms with Gasteiger partial charge in [-0.2, -0.15) is 0 Å². The average molecular weight is 195 g/mol. The van der Waals surface area contributed by atoms with Crippen LogP contribution in [0.3, 0.4) is 0 Å². The van der Waals surface area contributed by atoms with Crippen molar-refractivity contribution >= 4 is 11.7 Å². The third-order valence-electron chi connectivity index (χ3n) is 2.58. The Morgan fingerprint density at radius 2 is 2.07 bits per heavy atom. The van der Waals surface area contributed by atoms with Crippen molar-refractivity contribution in [2.45, 2.75) is 32.1 Å². The van der Waals surface area contributed by atoms with Gasteiger partial charge in [-0.15, -0.1) is 0 Å². The first-order valence-corrected chi connectivity index (χ1v) is 4.94. The number of nitrogens with one attached hydrogen (secondary N) is 1. The summed E-state index contributed by atoms with van der Waals surface area (Å²) < 4.78 is 0. The molecule has 0 heterocycles. The summed E-state index contributed by atoms with van der Waals surface area (Å²) in [6.45, 7) is 0. The van der Waals surface area contributed by atoms with Crippen LogP contribution in [0.1, 0.15) is 32.1 Å². The van der Waals surface area contributed by atoms with E-state index in [0.717, 1.165) is 12.8 Å². The van der Waals surface area contributed by atoms with Crippen LogP contribution in [0.5, 0.6) is 0 Å². The second kappa shape index (κ2) is 3.44. The van der Waals surface area contributed by atoms with Crippen molar-refractivity contribution in [3.63, 3.8) is 0 Å². The Morgan fingerprint density at radius 3 is 2.64 bits per heavy atom. The molecule has 2 aliphatic rings. The molecule has 0 atom stereocenters. The van der Waals surface area contributed by atoms with Gasteiger partial charge in [0, 0.05) is 18.8 Å². The summed E-state index contributed by atoms with van der Waals surface area (Å²) >= 11 is 0. The number of carbonyl (C=O) groups is 2. The van der Waals surface area contributed by atoms with Gasteiger partial charge in [-0.25, -0.2) is 0 Å². The van der Waals surface area contributed by atoms with Crippen LogP contribution in [-0.2, 0) is 9.59 Å². The molecule has 4 heteroatoms. The average Bonchev–Trinajstić information content (AvgIpc) is 2.94. The Labute approximate surface area is 82.0 Å². The first-order valence-electron chi connectivity index (χ1n) is 4.94. The summed E-state index contributed by atoms with van der Waals surface area (Å²) in [5.74, 6) is -0.176. The number of hydrogen-bond donors (Lipinski definition) is 2. The molecule has 1 fully saturated rings. The van der Waals surface area contributed by atoms with Crippen LogP contribution in [0, 0.1) is 5.92 Å². The van der Waals surface area contributed by atoms with Gasteiger partial charge >= 0.3 is 0 Å². The molecule has 4 nitrogen and oxygen atoms in total. The SMILES string of the molecule is O=C1CCCC(O)=C1NC(=O)C1CC1. The minimum Gasteiger partial charge on any atom is -0.510 e. The van der Waals surface area contributed by atoms with Gasteiger partial charge in [0.2, 0.25) is 5.91 Å². The van der Waals surface area contributed by atoms with E-state index >= 15 is 0 Å². The number of allylic oxidation sites excluding steroid dienone is 2. The fraction of sp³-hybridized carbons (Fsp3) is 0.600. The van der Waals surface area contributed by atoms with E-state index < -0.39 is 0 Å². The first kappa shape index (κ1) is 9.24. The molecule has 0 aromatic carbocycles. The van der Waals surface area contributed by atoms with Crippen molar-refractivity contribution in [3.05, 3.63) is 11.5 Å². The number of amides is 1. The minimum absolute atomic E-state index is 0.0373. The number of carbonyl (C=O) groups excluding carboxylic acids is 2. The van der Waals surface area contributed by atoms with E-state index in [9.17, 15) is 14.7 Å². The van der Waals surface area contributed by atoms with Crippen molar-refractivity contribution < 1.29 is 14.7 Å². The molecular formula is C10H13NO3. The lowest BCUT2D eigenvalue weighted by atomic mass is 10.0. The third kappa shape index (κ3) is 1.78. The van der Waals surface area contributed by atoms with Gasteiger partial charge in [-0.3, -0.25) is 9.59 Å². The summed E-state index contributed by atoms with van der Waals surface area (Å²) in [6.07, 6.45) is 3.38. The monoisotopic (exact) mass is 195 g/mol. The summed E-state index contributed by atoms with van der Waals surface area (Å²) in [5, 5.41) is 12.0. The number of hydrogen-bond acceptors (Lipinski definition) is 3. The predicted octanol–water partition coefficient (Wildman–Crippen LogP) is 1.04. The Kier molecular flexibility index (Phi) is 2.27. The molecule has 0 saturated heterocycles. The molecule has 14 heavy (non-hydrogen) atoms. The predicted molar refractivity (Wildman–Crippen MR) is 49.4 cm³/mol. The molecule has 1 saturated carbocycles. The lowest BCUT2D eigenvalue weighted by Gasteiger charge is -2.15. The van der Waals surface area contributed by atoms with E-state index in [1.807, 2.05) is 0 Å². The maximum absolute atomic E-state index is 11.4. The van der Waals surface area contributed by atoms with Crippen LogP contribution in [-0.4, -0.2) is 16.8 Å². The Morgan fingerprint density at radius 1 is 1.36 bits per heavy atom. The highest BCUT2D eigenvalue weighted by atomic mass is 16.3. The van der Waals surface area contributed by atoms with E-state index in [1.165, 1.54) is 0 Å². The lowest BCUT2D eigenvalue weighted by Crippen LogP contribution is -2.31. The second-order valence-electron chi connectivity index (χ2n) is 3.86. The van der Waals surface area contributed by atoms with Crippen LogP contribution >= 0.6 is 0 Å². The molecule has 0 aromatic heterocycles. The highest BCUT2D eigenvalue weighted by Gasteiger charge is 2.32. The fourth-order valence-electron chi connectivity index (χ4n) is 1.54. The Balaban J connectivity index is 2.06. The molecule has 2 N–H and O–H groups in total. The van der Waals surface area contributed by atoms with Crippen molar-refractivity contribution in [1.29, 1.82) is 0 Å². The molecule has 0 spiro atoms. The summed E-state index contributed by atoms with van der Waals surface area (Å²) in [5.41, 5.74) is 0.133. The molecule has 0 bridgehead atoms. The number of aliphatic hydroxyl groups is 1. The Bertz CT molecular complexity index is 315. The van der Waals surface area contributed by atoms with E-state index in [0.29, 0.717) is 19.3 Å². The fourth-order valence-corrected chi connectivity index (χ4v) is 1.54. The smallest absolute Gasteiger partial charge is 0.227 e. The van der Waals surface area contributed by atoms with Gasteiger partial charge in [-0.1, -0.05) is 0 Å². The molecule has 2 rings (SSSR count). The number of ketones is 1. The summed E-state index contributed by atoms with van der Waals surface area (Å²) in [6, 6.07) is 0. The molecule has 76 valence electrons. The van der Waals surface area contributed by atoms with Gasteiger partial charge in [0.1, 0.15) is 11.5 Å². The highest BCUT2D eigenvalue weighted by Crippen LogP contribution is 2.29. The third-order valence-corrected chi connectivity index (χ3v) is 2.58. The summed E-state index contributed by atoms with van der Waals surface area (Å²) in [7, 11) is 0. The number of rotatable bonds is 2. The van der Waals surface area contributed by atoms with Crippen molar-refractivity contribution in [1.82, 2.24) is 5.32 Å². The molecule has 2 aliphatic carbocycles. The van der Waals surface area contributed by atoms with Crippen LogP contribution in [0.4, 0.5) is 0 Å². The van der Waals surface area contributed by atoms with Gasteiger partial charge in [0.15, 0.2) is 5.78 Å². The van der Waals surface area contributed by atoms with Crippen molar-refractivity contribution in [3.8, 4) is 0 Å². The van der Waals surface area contributed by atoms with Crippen LogP contribution in [0.15, 0.2) is 11.5 Å². The topological polar surface area (TPSA) is 66.4 Å². The Hall–Kier alpha value is -1.32. The largest absolute Gasteiger partial charge is 0.510 e. The van der Waals surface area contributed by atoms with Gasteiger partial charge in [0.05, 0.1) is 0 Å². The van der Waals surface area contributed by atoms with Crippen LogP contribution < -0.4 is 5.32 Å². The normalized spacial score (nSPS) is 22.4. The molecule has 0 aliphatic heterocycles. The number of aliphatic hydroxyl groups excluding tert-OH is 1. The molecule has 0 radical (unpaired) electrons.